The summed E-state index contributed by atoms with van der Waals surface area (Å²) in [4.78, 5) is 14.3. The minimum atomic E-state index is -0.128. The van der Waals surface area contributed by atoms with E-state index in [1.54, 1.807) is 0 Å². The van der Waals surface area contributed by atoms with Gasteiger partial charge in [-0.3, -0.25) is 4.79 Å². The van der Waals surface area contributed by atoms with Crippen molar-refractivity contribution in [1.29, 1.82) is 0 Å². The van der Waals surface area contributed by atoms with Crippen LogP contribution >= 0.6 is 0 Å². The number of unbranched alkanes of at least 4 members (excludes halogenated alkanes) is 2. The quantitative estimate of drug-likeness (QED) is 0.206. The van der Waals surface area contributed by atoms with Crippen LogP contribution in [-0.4, -0.2) is 30.6 Å². The second-order valence-electron chi connectivity index (χ2n) is 7.36. The van der Waals surface area contributed by atoms with E-state index in [9.17, 15) is 4.79 Å². The summed E-state index contributed by atoms with van der Waals surface area (Å²) < 4.78 is 5.11. The topological polar surface area (TPSA) is 29.5 Å². The average molecular weight is 386 g/mol. The van der Waals surface area contributed by atoms with E-state index in [2.05, 4.69) is 62.6 Å². The van der Waals surface area contributed by atoms with Crippen molar-refractivity contribution in [3.63, 3.8) is 0 Å². The third-order valence-corrected chi connectivity index (χ3v) is 5.00. The van der Waals surface area contributed by atoms with Crippen LogP contribution in [0.25, 0.3) is 0 Å². The highest BCUT2D eigenvalue weighted by atomic mass is 16.5. The van der Waals surface area contributed by atoms with Crippen LogP contribution in [0.15, 0.2) is 59.4 Å². The first kappa shape index (κ1) is 24.0. The molecule has 0 atom stereocenters. The molecule has 1 aliphatic heterocycles. The molecular weight excluding hydrogens is 346 g/mol. The summed E-state index contributed by atoms with van der Waals surface area (Å²) in [5, 5.41) is 0. The highest BCUT2D eigenvalue weighted by Crippen LogP contribution is 2.25. The van der Waals surface area contributed by atoms with Crippen molar-refractivity contribution in [3.05, 3.63) is 59.4 Å². The first-order valence-corrected chi connectivity index (χ1v) is 10.8. The van der Waals surface area contributed by atoms with Gasteiger partial charge in [-0.1, -0.05) is 56.7 Å². The van der Waals surface area contributed by atoms with Gasteiger partial charge in [-0.15, -0.1) is 0 Å². The summed E-state index contributed by atoms with van der Waals surface area (Å²) >= 11 is 0. The van der Waals surface area contributed by atoms with Gasteiger partial charge < -0.3 is 9.64 Å². The summed E-state index contributed by atoms with van der Waals surface area (Å²) in [6, 6.07) is 0. The highest BCUT2D eigenvalue weighted by molar-refractivity contribution is 5.73. The Morgan fingerprint density at radius 3 is 2.71 bits per heavy atom. The zero-order valence-electron chi connectivity index (χ0n) is 18.4. The van der Waals surface area contributed by atoms with Gasteiger partial charge >= 0.3 is 5.97 Å². The molecule has 3 heteroatoms. The highest BCUT2D eigenvalue weighted by Gasteiger charge is 2.18. The zero-order valence-corrected chi connectivity index (χ0v) is 18.4. The summed E-state index contributed by atoms with van der Waals surface area (Å²) in [5.74, 6) is -0.128. The number of allylic oxidation sites excluding steroid dienone is 7. The molecule has 1 rings (SSSR count). The Hall–Kier alpha value is -2.03. The molecule has 0 aromatic heterocycles. The first-order valence-electron chi connectivity index (χ1n) is 10.8. The number of hydrogen-bond acceptors (Lipinski definition) is 3. The van der Waals surface area contributed by atoms with Crippen LogP contribution in [0.5, 0.6) is 0 Å². The lowest BCUT2D eigenvalue weighted by molar-refractivity contribution is -0.142. The van der Waals surface area contributed by atoms with E-state index in [-0.39, 0.29) is 5.97 Å². The van der Waals surface area contributed by atoms with Crippen LogP contribution in [0.4, 0.5) is 0 Å². The Labute approximate surface area is 172 Å². The fraction of sp³-hybridized carbons (Fsp3) is 0.560. The van der Waals surface area contributed by atoms with Gasteiger partial charge in [0.2, 0.25) is 0 Å². The van der Waals surface area contributed by atoms with E-state index in [1.165, 1.54) is 23.3 Å². The minimum absolute atomic E-state index is 0.128. The molecule has 0 radical (unpaired) electrons. The number of ether oxygens (including phenoxy) is 1. The Kier molecular flexibility index (Phi) is 12.0. The van der Waals surface area contributed by atoms with E-state index >= 15 is 0 Å². The molecule has 0 saturated carbocycles. The standard InChI is InChI=1S/C25H39NO2/c1-6-9-10-11-12-15-21(4)16-13-14-17-26-20-23(7-2)24(18-22(26)5)19-25(27)28-8-3/h10-12,15,18H,4,6-9,13-14,16-17,19-20H2,1-3,5H3/b11-10-,15-12-. The molecule has 0 fully saturated rings. The molecule has 0 saturated heterocycles. The molecule has 0 aromatic rings. The van der Waals surface area contributed by atoms with E-state index in [0.717, 1.165) is 50.8 Å². The smallest absolute Gasteiger partial charge is 0.310 e. The lowest BCUT2D eigenvalue weighted by atomic mass is 9.97. The van der Waals surface area contributed by atoms with Crippen molar-refractivity contribution in [2.24, 2.45) is 0 Å². The van der Waals surface area contributed by atoms with E-state index in [0.29, 0.717) is 13.0 Å². The number of esters is 1. The van der Waals surface area contributed by atoms with Gasteiger partial charge in [-0.05, 0) is 63.2 Å². The molecule has 1 aliphatic rings. The van der Waals surface area contributed by atoms with Crippen LogP contribution < -0.4 is 0 Å². The van der Waals surface area contributed by atoms with Crippen molar-refractivity contribution in [3.8, 4) is 0 Å². The number of nitrogens with zero attached hydrogens (tertiary/aromatic N) is 1. The average Bonchev–Trinajstić information content (AvgIpc) is 2.66. The third kappa shape index (κ3) is 9.25. The minimum Gasteiger partial charge on any atom is -0.466 e. The molecule has 3 nitrogen and oxygen atoms in total. The zero-order chi connectivity index (χ0) is 20.8. The summed E-state index contributed by atoms with van der Waals surface area (Å²) in [6.45, 7) is 14.9. The van der Waals surface area contributed by atoms with Crippen molar-refractivity contribution in [2.75, 3.05) is 19.7 Å². The predicted molar refractivity (Wildman–Crippen MR) is 120 cm³/mol. The Morgan fingerprint density at radius 2 is 2.04 bits per heavy atom. The molecule has 28 heavy (non-hydrogen) atoms. The van der Waals surface area contributed by atoms with Gasteiger partial charge in [0.05, 0.1) is 13.0 Å². The Balaban J connectivity index is 2.42. The summed E-state index contributed by atoms with van der Waals surface area (Å²) in [5.41, 5.74) is 4.93. The van der Waals surface area contributed by atoms with E-state index in [1.807, 2.05) is 6.92 Å². The monoisotopic (exact) mass is 385 g/mol. The molecule has 0 unspecified atom stereocenters. The molecule has 0 N–H and O–H groups in total. The molecule has 156 valence electrons. The fourth-order valence-corrected chi connectivity index (χ4v) is 3.31. The van der Waals surface area contributed by atoms with Gasteiger partial charge in [0, 0.05) is 18.8 Å². The lowest BCUT2D eigenvalue weighted by Crippen LogP contribution is -2.29. The maximum absolute atomic E-state index is 11.8. The van der Waals surface area contributed by atoms with Gasteiger partial charge in [0.25, 0.3) is 0 Å². The molecule has 1 heterocycles. The molecule has 0 bridgehead atoms. The van der Waals surface area contributed by atoms with Crippen molar-refractivity contribution < 1.29 is 9.53 Å². The van der Waals surface area contributed by atoms with Crippen LogP contribution in [0.3, 0.4) is 0 Å². The van der Waals surface area contributed by atoms with Gasteiger partial charge in [-0.2, -0.15) is 0 Å². The Bertz CT molecular complexity index is 622. The SMILES string of the molecule is C=C(/C=C\C=C/CCC)CCCCN1CC(CC)=C(CC(=O)OCC)C=C1C. The van der Waals surface area contributed by atoms with Crippen molar-refractivity contribution in [1.82, 2.24) is 4.90 Å². The van der Waals surface area contributed by atoms with Gasteiger partial charge in [0.15, 0.2) is 0 Å². The first-order chi connectivity index (χ1) is 13.5. The second-order valence-corrected chi connectivity index (χ2v) is 7.36. The molecule has 0 amide bonds. The van der Waals surface area contributed by atoms with Crippen LogP contribution in [-0.2, 0) is 9.53 Å². The van der Waals surface area contributed by atoms with Crippen molar-refractivity contribution in [2.45, 2.75) is 72.6 Å². The van der Waals surface area contributed by atoms with Gasteiger partial charge in [0.1, 0.15) is 0 Å². The van der Waals surface area contributed by atoms with Crippen LogP contribution in [0, 0.1) is 0 Å². The third-order valence-electron chi connectivity index (χ3n) is 5.00. The largest absolute Gasteiger partial charge is 0.466 e. The van der Waals surface area contributed by atoms with E-state index < -0.39 is 0 Å². The summed E-state index contributed by atoms with van der Waals surface area (Å²) in [6.07, 6.45) is 17.7. The number of carbonyl (C=O) groups is 1. The molecule has 0 aliphatic carbocycles. The van der Waals surface area contributed by atoms with Crippen LogP contribution in [0.1, 0.15) is 72.6 Å². The van der Waals surface area contributed by atoms with E-state index in [4.69, 9.17) is 4.74 Å². The van der Waals surface area contributed by atoms with Crippen molar-refractivity contribution >= 4 is 5.97 Å². The summed E-state index contributed by atoms with van der Waals surface area (Å²) in [7, 11) is 0. The predicted octanol–water partition coefficient (Wildman–Crippen LogP) is 6.50. The lowest BCUT2D eigenvalue weighted by Gasteiger charge is -2.31. The molecule has 0 spiro atoms. The fourth-order valence-electron chi connectivity index (χ4n) is 3.31. The molecule has 0 aromatic carbocycles. The maximum atomic E-state index is 11.8. The van der Waals surface area contributed by atoms with Gasteiger partial charge in [-0.25, -0.2) is 0 Å². The number of rotatable bonds is 13. The maximum Gasteiger partial charge on any atom is 0.310 e. The number of carbonyl (C=O) groups excluding carboxylic acids is 1. The normalized spacial score (nSPS) is 14.9. The molecular formula is C25H39NO2. The van der Waals surface area contributed by atoms with Crippen LogP contribution in [0.2, 0.25) is 0 Å². The second kappa shape index (κ2) is 14.0. The Morgan fingerprint density at radius 1 is 1.25 bits per heavy atom. The number of hydrogen-bond donors (Lipinski definition) is 0.